The normalized spacial score (nSPS) is 9.81. The van der Waals surface area contributed by atoms with Crippen molar-refractivity contribution in [3.05, 3.63) is 106 Å². The first-order valence-corrected chi connectivity index (χ1v) is 8.39. The summed E-state index contributed by atoms with van der Waals surface area (Å²) in [5.74, 6) is -0.0756. The molecule has 6 heteroatoms. The van der Waals surface area contributed by atoms with Gasteiger partial charge in [-0.1, -0.05) is 67.2 Å². The predicted octanol–water partition coefficient (Wildman–Crippen LogP) is 3.95. The maximum absolute atomic E-state index is 11.1. The van der Waals surface area contributed by atoms with Gasteiger partial charge >= 0.3 is 5.69 Å². The number of nitrogen functional groups attached to an aromatic ring is 1. The van der Waals surface area contributed by atoms with Crippen LogP contribution in [0, 0.1) is 10.1 Å². The van der Waals surface area contributed by atoms with Gasteiger partial charge in [-0.15, -0.1) is 0 Å². The van der Waals surface area contributed by atoms with Crippen LogP contribution in [-0.2, 0) is 13.0 Å². The minimum Gasteiger partial charge on any atom is -0.378 e. The minimum absolute atomic E-state index is 0.0756. The third kappa shape index (κ3) is 5.76. The van der Waals surface area contributed by atoms with Crippen LogP contribution in [0.3, 0.4) is 0 Å². The van der Waals surface area contributed by atoms with Crippen molar-refractivity contribution >= 4 is 17.6 Å². The second-order valence-corrected chi connectivity index (χ2v) is 5.75. The van der Waals surface area contributed by atoms with E-state index in [1.54, 1.807) is 6.07 Å². The molecule has 0 saturated heterocycles. The first kappa shape index (κ1) is 19.8. The molecule has 6 nitrogen and oxygen atoms in total. The van der Waals surface area contributed by atoms with Gasteiger partial charge in [0.15, 0.2) is 0 Å². The van der Waals surface area contributed by atoms with Crippen molar-refractivity contribution in [2.24, 2.45) is 5.73 Å². The Kier molecular flexibility index (Phi) is 7.22. The molecule has 0 fully saturated rings. The van der Waals surface area contributed by atoms with Crippen molar-refractivity contribution in [3.63, 3.8) is 0 Å². The second kappa shape index (κ2) is 9.84. The van der Waals surface area contributed by atoms with E-state index < -0.39 is 4.92 Å². The lowest BCUT2D eigenvalue weighted by atomic mass is 10.0. The van der Waals surface area contributed by atoms with E-state index in [1.807, 2.05) is 60.7 Å². The lowest BCUT2D eigenvalue weighted by molar-refractivity contribution is -0.384. The fourth-order valence-corrected chi connectivity index (χ4v) is 2.52. The molecule has 1 heterocycles. The summed E-state index contributed by atoms with van der Waals surface area (Å²) in [4.78, 5) is 14.5. The third-order valence-corrected chi connectivity index (χ3v) is 3.83. The summed E-state index contributed by atoms with van der Waals surface area (Å²) in [6.07, 6.45) is 1.96. The summed E-state index contributed by atoms with van der Waals surface area (Å²) in [5.41, 5.74) is 14.1. The lowest BCUT2D eigenvalue weighted by Gasteiger charge is -2.06. The number of aromatic nitrogens is 1. The molecular formula is C21H22N4O2. The number of pyridine rings is 1. The van der Waals surface area contributed by atoms with Crippen molar-refractivity contribution in [2.75, 3.05) is 5.73 Å². The molecule has 0 atom stereocenters. The smallest absolute Gasteiger partial charge is 0.314 e. The quantitative estimate of drug-likeness (QED) is 0.528. The molecule has 27 heavy (non-hydrogen) atoms. The molecule has 0 spiro atoms. The Hall–Kier alpha value is -3.51. The first-order valence-electron chi connectivity index (χ1n) is 8.39. The van der Waals surface area contributed by atoms with Gasteiger partial charge in [0, 0.05) is 18.5 Å². The maximum atomic E-state index is 11.1. The molecule has 1 aromatic heterocycles. The van der Waals surface area contributed by atoms with Gasteiger partial charge in [0.25, 0.3) is 0 Å². The van der Waals surface area contributed by atoms with Gasteiger partial charge in [-0.25, -0.2) is 4.98 Å². The van der Waals surface area contributed by atoms with Crippen molar-refractivity contribution in [1.29, 1.82) is 0 Å². The van der Waals surface area contributed by atoms with Crippen molar-refractivity contribution < 1.29 is 4.92 Å². The molecule has 0 amide bonds. The highest BCUT2D eigenvalue weighted by atomic mass is 16.6. The van der Waals surface area contributed by atoms with E-state index in [4.69, 9.17) is 11.5 Å². The fraction of sp³-hybridized carbons (Fsp3) is 0.0952. The van der Waals surface area contributed by atoms with Crippen molar-refractivity contribution in [2.45, 2.75) is 13.0 Å². The standard InChI is InChI=1S/C14H13N3O2.C7H9N/c1-2-12-9-11(8-10-6-4-3-5-7-10)13(17(18)19)14(15)16-12;8-6-7-4-2-1-3-5-7/h2-7,9H,1,8H2,(H2,15,16);1-5H,6,8H2. The van der Waals surface area contributed by atoms with Gasteiger partial charge in [0.1, 0.15) is 0 Å². The number of nitrogens with zero attached hydrogens (tertiary/aromatic N) is 2. The number of benzene rings is 2. The molecule has 0 bridgehead atoms. The Morgan fingerprint density at radius 1 is 1.04 bits per heavy atom. The number of hydrogen-bond acceptors (Lipinski definition) is 5. The van der Waals surface area contributed by atoms with Crippen LogP contribution < -0.4 is 11.5 Å². The van der Waals surface area contributed by atoms with Crippen LogP contribution in [-0.4, -0.2) is 9.91 Å². The number of hydrogen-bond donors (Lipinski definition) is 2. The third-order valence-electron chi connectivity index (χ3n) is 3.83. The van der Waals surface area contributed by atoms with E-state index >= 15 is 0 Å². The largest absolute Gasteiger partial charge is 0.378 e. The zero-order chi connectivity index (χ0) is 19.6. The van der Waals surface area contributed by atoms with Gasteiger partial charge in [-0.2, -0.15) is 0 Å². The Bertz CT molecular complexity index is 897. The number of anilines is 1. The van der Waals surface area contributed by atoms with Gasteiger partial charge in [-0.3, -0.25) is 10.1 Å². The number of nitrogens with two attached hydrogens (primary N) is 2. The topological polar surface area (TPSA) is 108 Å². The highest BCUT2D eigenvalue weighted by Gasteiger charge is 2.20. The highest BCUT2D eigenvalue weighted by molar-refractivity contribution is 5.62. The Morgan fingerprint density at radius 2 is 1.59 bits per heavy atom. The van der Waals surface area contributed by atoms with Crippen LogP contribution in [0.25, 0.3) is 6.08 Å². The van der Waals surface area contributed by atoms with Gasteiger partial charge in [-0.05, 0) is 23.3 Å². The van der Waals surface area contributed by atoms with Gasteiger partial charge in [0.2, 0.25) is 5.82 Å². The van der Waals surface area contributed by atoms with E-state index in [-0.39, 0.29) is 11.5 Å². The molecule has 0 aliphatic rings. The molecule has 0 aliphatic heterocycles. The monoisotopic (exact) mass is 362 g/mol. The van der Waals surface area contributed by atoms with Gasteiger partial charge < -0.3 is 11.5 Å². The average Bonchev–Trinajstić information content (AvgIpc) is 2.69. The zero-order valence-corrected chi connectivity index (χ0v) is 14.9. The van der Waals surface area contributed by atoms with Crippen LogP contribution in [0.5, 0.6) is 0 Å². The van der Waals surface area contributed by atoms with Crippen LogP contribution in [0.15, 0.2) is 73.3 Å². The minimum atomic E-state index is -0.493. The van der Waals surface area contributed by atoms with Crippen LogP contribution in [0.1, 0.15) is 22.4 Å². The molecular weight excluding hydrogens is 340 g/mol. The molecule has 138 valence electrons. The van der Waals surface area contributed by atoms with Crippen LogP contribution in [0.2, 0.25) is 0 Å². The predicted molar refractivity (Wildman–Crippen MR) is 109 cm³/mol. The Balaban J connectivity index is 0.000000273. The van der Waals surface area contributed by atoms with E-state index in [9.17, 15) is 10.1 Å². The van der Waals surface area contributed by atoms with E-state index in [0.29, 0.717) is 24.2 Å². The number of rotatable bonds is 5. The molecule has 4 N–H and O–H groups in total. The summed E-state index contributed by atoms with van der Waals surface area (Å²) in [7, 11) is 0. The number of nitro groups is 1. The average molecular weight is 362 g/mol. The van der Waals surface area contributed by atoms with E-state index in [1.165, 1.54) is 11.6 Å². The van der Waals surface area contributed by atoms with Gasteiger partial charge in [0.05, 0.1) is 10.6 Å². The second-order valence-electron chi connectivity index (χ2n) is 5.75. The summed E-state index contributed by atoms with van der Waals surface area (Å²) >= 11 is 0. The fourth-order valence-electron chi connectivity index (χ4n) is 2.52. The summed E-state index contributed by atoms with van der Waals surface area (Å²) in [6, 6.07) is 21.1. The zero-order valence-electron chi connectivity index (χ0n) is 14.9. The molecule has 0 aliphatic carbocycles. The lowest BCUT2D eigenvalue weighted by Crippen LogP contribution is -2.05. The maximum Gasteiger partial charge on any atom is 0.314 e. The van der Waals surface area contributed by atoms with Crippen LogP contribution in [0.4, 0.5) is 11.5 Å². The molecule has 0 radical (unpaired) electrons. The molecule has 3 rings (SSSR count). The van der Waals surface area contributed by atoms with E-state index in [2.05, 4.69) is 11.6 Å². The molecule has 0 unspecified atom stereocenters. The van der Waals surface area contributed by atoms with E-state index in [0.717, 1.165) is 5.56 Å². The molecule has 0 saturated carbocycles. The summed E-state index contributed by atoms with van der Waals surface area (Å²) in [5, 5.41) is 11.1. The first-order chi connectivity index (χ1) is 13.0. The van der Waals surface area contributed by atoms with Crippen molar-refractivity contribution in [1.82, 2.24) is 4.98 Å². The molecule has 2 aromatic carbocycles. The SMILES string of the molecule is C=Cc1cc(Cc2ccccc2)c([N+](=O)[O-])c(N)n1.NCc1ccccc1. The van der Waals surface area contributed by atoms with Crippen LogP contribution >= 0.6 is 0 Å². The molecule has 3 aromatic rings. The Labute approximate surface area is 158 Å². The van der Waals surface area contributed by atoms with Crippen molar-refractivity contribution in [3.8, 4) is 0 Å². The Morgan fingerprint density at radius 3 is 2.04 bits per heavy atom. The highest BCUT2D eigenvalue weighted by Crippen LogP contribution is 2.27. The summed E-state index contributed by atoms with van der Waals surface area (Å²) in [6.45, 7) is 4.25. The summed E-state index contributed by atoms with van der Waals surface area (Å²) < 4.78 is 0.